The lowest BCUT2D eigenvalue weighted by Crippen LogP contribution is -2.27. The van der Waals surface area contributed by atoms with Gasteiger partial charge in [0.1, 0.15) is 14.1 Å². The highest BCUT2D eigenvalue weighted by Crippen LogP contribution is 1.87. The van der Waals surface area contributed by atoms with Crippen LogP contribution in [0.15, 0.2) is 12.2 Å². The van der Waals surface area contributed by atoms with Gasteiger partial charge in [0.05, 0.1) is 5.57 Å². The Hall–Kier alpha value is -0.630. The Morgan fingerprint density at radius 1 is 1.50 bits per heavy atom. The summed E-state index contributed by atoms with van der Waals surface area (Å²) < 4.78 is 0. The third kappa shape index (κ3) is 1.89. The molecule has 0 atom stereocenters. The van der Waals surface area contributed by atoms with Crippen molar-refractivity contribution in [1.82, 2.24) is 4.90 Å². The predicted molar refractivity (Wildman–Crippen MR) is 33.8 cm³/mol. The summed E-state index contributed by atoms with van der Waals surface area (Å²) in [7, 11) is 3.41. The second-order valence-electron chi connectivity index (χ2n) is 1.98. The molecule has 0 bridgehead atoms. The average Bonchev–Trinajstić information content (AvgIpc) is 1.64. The highest BCUT2D eigenvalue weighted by Gasteiger charge is 2.13. The van der Waals surface area contributed by atoms with Crippen molar-refractivity contribution in [2.45, 2.75) is 6.92 Å². The van der Waals surface area contributed by atoms with Crippen molar-refractivity contribution in [3.63, 3.8) is 0 Å². The van der Waals surface area contributed by atoms with Crippen molar-refractivity contribution in [3.05, 3.63) is 12.2 Å². The highest BCUT2D eigenvalue weighted by atomic mass is 16.2. The molecular formula is C6H11NO+. The van der Waals surface area contributed by atoms with Gasteiger partial charge in [-0.15, -0.1) is 4.90 Å². The molecule has 1 radical (unpaired) electrons. The summed E-state index contributed by atoms with van der Waals surface area (Å²) in [6.07, 6.45) is 0. The van der Waals surface area contributed by atoms with Crippen LogP contribution < -0.4 is 4.90 Å². The molecule has 0 unspecified atom stereocenters. The number of hydrogen-bond donors (Lipinski definition) is 0. The lowest BCUT2D eigenvalue weighted by Gasteiger charge is -1.93. The molecule has 0 aliphatic carbocycles. The standard InChI is InChI=1S/C6H11NO/c1-5(2)6(8)7(3)4/h1H2,2-4H3/q+1. The quantitative estimate of drug-likeness (QED) is 0.358. The van der Waals surface area contributed by atoms with Gasteiger partial charge in [-0.2, -0.15) is 0 Å². The molecule has 2 nitrogen and oxygen atoms in total. The molecule has 0 aromatic rings. The van der Waals surface area contributed by atoms with Crippen LogP contribution in [-0.4, -0.2) is 20.0 Å². The highest BCUT2D eigenvalue weighted by molar-refractivity contribution is 5.93. The van der Waals surface area contributed by atoms with E-state index >= 15 is 0 Å². The van der Waals surface area contributed by atoms with Crippen LogP contribution in [0.2, 0.25) is 0 Å². The zero-order valence-corrected chi connectivity index (χ0v) is 5.56. The van der Waals surface area contributed by atoms with Crippen molar-refractivity contribution in [2.75, 3.05) is 14.1 Å². The minimum atomic E-state index is -0.00926. The maximum Gasteiger partial charge on any atom is 0.387 e. The fraction of sp³-hybridized carbons (Fsp3) is 0.500. The Morgan fingerprint density at radius 3 is 1.88 bits per heavy atom. The normalized spacial score (nSPS) is 9.50. The van der Waals surface area contributed by atoms with E-state index in [9.17, 15) is 4.79 Å². The van der Waals surface area contributed by atoms with Crippen molar-refractivity contribution >= 4 is 5.91 Å². The molecule has 0 aromatic heterocycles. The van der Waals surface area contributed by atoms with Gasteiger partial charge in [-0.25, -0.2) is 4.79 Å². The lowest BCUT2D eigenvalue weighted by atomic mass is 10.3. The third-order valence-electron chi connectivity index (χ3n) is 0.771. The molecule has 0 rings (SSSR count). The first-order valence-electron chi connectivity index (χ1n) is 2.43. The predicted octanol–water partition coefficient (Wildman–Crippen LogP) is 0.489. The fourth-order valence-electron chi connectivity index (χ4n) is 0.382. The van der Waals surface area contributed by atoms with E-state index in [2.05, 4.69) is 6.58 Å². The molecule has 0 spiro atoms. The molecule has 0 aliphatic heterocycles. The van der Waals surface area contributed by atoms with Crippen LogP contribution in [0.5, 0.6) is 0 Å². The lowest BCUT2D eigenvalue weighted by molar-refractivity contribution is -0.120. The average molecular weight is 113 g/mol. The Labute approximate surface area is 49.8 Å². The van der Waals surface area contributed by atoms with Crippen molar-refractivity contribution in [2.24, 2.45) is 0 Å². The van der Waals surface area contributed by atoms with Gasteiger partial charge in [0.15, 0.2) is 0 Å². The van der Waals surface area contributed by atoms with Gasteiger partial charge in [-0.1, -0.05) is 6.58 Å². The summed E-state index contributed by atoms with van der Waals surface area (Å²) >= 11 is 0. The van der Waals surface area contributed by atoms with E-state index in [1.54, 1.807) is 21.0 Å². The first-order valence-corrected chi connectivity index (χ1v) is 2.43. The van der Waals surface area contributed by atoms with Crippen molar-refractivity contribution in [1.29, 1.82) is 0 Å². The van der Waals surface area contributed by atoms with E-state index in [0.717, 1.165) is 0 Å². The molecule has 0 aromatic carbocycles. The number of likely N-dealkylation sites (N-methyl/N-ethyl adjacent to an activating group) is 1. The molecule has 45 valence electrons. The van der Waals surface area contributed by atoms with E-state index in [4.69, 9.17) is 0 Å². The Bertz CT molecular complexity index is 116. The van der Waals surface area contributed by atoms with Crippen LogP contribution >= 0.6 is 0 Å². The third-order valence-corrected chi connectivity index (χ3v) is 0.771. The maximum absolute atomic E-state index is 10.7. The minimum absolute atomic E-state index is 0.00926. The summed E-state index contributed by atoms with van der Waals surface area (Å²) in [5.74, 6) is -0.00926. The van der Waals surface area contributed by atoms with Gasteiger partial charge in [-0.05, 0) is 6.92 Å². The smallest absolute Gasteiger partial charge is 0.220 e. The van der Waals surface area contributed by atoms with Crippen LogP contribution in [0.4, 0.5) is 0 Å². The molecule has 8 heavy (non-hydrogen) atoms. The van der Waals surface area contributed by atoms with E-state index in [1.807, 2.05) is 0 Å². The largest absolute Gasteiger partial charge is 0.387 e. The van der Waals surface area contributed by atoms with Crippen molar-refractivity contribution in [3.8, 4) is 0 Å². The van der Waals surface area contributed by atoms with Gasteiger partial charge in [0, 0.05) is 0 Å². The number of amides is 1. The molecule has 0 heterocycles. The van der Waals surface area contributed by atoms with Gasteiger partial charge in [0.25, 0.3) is 0 Å². The second kappa shape index (κ2) is 2.62. The summed E-state index contributed by atoms with van der Waals surface area (Å²) in [4.78, 5) is 12.2. The van der Waals surface area contributed by atoms with Gasteiger partial charge in [-0.3, -0.25) is 0 Å². The topological polar surface area (TPSA) is 23.0 Å². The first kappa shape index (κ1) is 7.37. The number of carbonyl (C=O) groups excluding carboxylic acids is 1. The number of carbonyl (C=O) groups is 1. The fourth-order valence-corrected chi connectivity index (χ4v) is 0.382. The SMILES string of the molecule is C=C(C)C(=O)[N+](C)C. The molecule has 0 fully saturated rings. The first-order chi connectivity index (χ1) is 3.55. The molecule has 0 N–H and O–H groups in total. The minimum Gasteiger partial charge on any atom is -0.220 e. The molecule has 0 saturated carbocycles. The molecule has 0 saturated heterocycles. The zero-order chi connectivity index (χ0) is 6.73. The number of rotatable bonds is 1. The Morgan fingerprint density at radius 2 is 1.88 bits per heavy atom. The van der Waals surface area contributed by atoms with Gasteiger partial charge in [0.2, 0.25) is 0 Å². The van der Waals surface area contributed by atoms with Gasteiger partial charge < -0.3 is 0 Å². The number of hydrogen-bond acceptors (Lipinski definition) is 1. The van der Waals surface area contributed by atoms with Crippen LogP contribution in [0, 0.1) is 0 Å². The zero-order valence-electron chi connectivity index (χ0n) is 5.56. The summed E-state index contributed by atoms with van der Waals surface area (Å²) in [5.41, 5.74) is 0.579. The van der Waals surface area contributed by atoms with E-state index in [1.165, 1.54) is 4.90 Å². The summed E-state index contributed by atoms with van der Waals surface area (Å²) in [6, 6.07) is 0. The van der Waals surface area contributed by atoms with Crippen LogP contribution in [0.1, 0.15) is 6.92 Å². The van der Waals surface area contributed by atoms with Crippen LogP contribution in [0.25, 0.3) is 0 Å². The van der Waals surface area contributed by atoms with Crippen LogP contribution in [0.3, 0.4) is 0 Å². The summed E-state index contributed by atoms with van der Waals surface area (Å²) in [5, 5.41) is 0. The maximum atomic E-state index is 10.7. The van der Waals surface area contributed by atoms with E-state index in [-0.39, 0.29) is 5.91 Å². The molecule has 1 amide bonds. The summed E-state index contributed by atoms with van der Waals surface area (Å²) in [6.45, 7) is 5.18. The van der Waals surface area contributed by atoms with Crippen molar-refractivity contribution < 1.29 is 4.79 Å². The Kier molecular flexibility index (Phi) is 2.42. The molecular weight excluding hydrogens is 102 g/mol. The Balaban J connectivity index is 3.84. The van der Waals surface area contributed by atoms with E-state index < -0.39 is 0 Å². The number of nitrogens with zero attached hydrogens (tertiary/aromatic N) is 1. The second-order valence-corrected chi connectivity index (χ2v) is 1.98. The van der Waals surface area contributed by atoms with Crippen LogP contribution in [-0.2, 0) is 4.79 Å². The van der Waals surface area contributed by atoms with E-state index in [0.29, 0.717) is 5.57 Å². The molecule has 0 aliphatic rings. The van der Waals surface area contributed by atoms with Gasteiger partial charge >= 0.3 is 5.91 Å². The molecule has 2 heteroatoms. The monoisotopic (exact) mass is 113 g/mol.